The SMILES string of the molecule is CC(C)NCC1(CN(C)Cc2nccn2C)CCOC1. The third-order valence-corrected chi connectivity index (χ3v) is 4.01. The fourth-order valence-corrected chi connectivity index (χ4v) is 2.81. The van der Waals surface area contributed by atoms with Crippen molar-refractivity contribution in [3.8, 4) is 0 Å². The molecule has 2 heterocycles. The van der Waals surface area contributed by atoms with Crippen molar-refractivity contribution in [1.29, 1.82) is 0 Å². The second-order valence-corrected chi connectivity index (χ2v) is 6.46. The number of imidazole rings is 1. The number of hydrogen-bond acceptors (Lipinski definition) is 4. The number of aryl methyl sites for hydroxylation is 1. The molecule has 0 bridgehead atoms. The molecule has 1 aliphatic rings. The van der Waals surface area contributed by atoms with Crippen LogP contribution in [0.5, 0.6) is 0 Å². The Morgan fingerprint density at radius 3 is 2.90 bits per heavy atom. The largest absolute Gasteiger partial charge is 0.381 e. The average Bonchev–Trinajstić information content (AvgIpc) is 2.98. The molecule has 0 amide bonds. The first-order chi connectivity index (χ1) is 9.51. The summed E-state index contributed by atoms with van der Waals surface area (Å²) in [5, 5.41) is 3.58. The third-order valence-electron chi connectivity index (χ3n) is 4.01. The van der Waals surface area contributed by atoms with Crippen LogP contribution in [0.1, 0.15) is 26.1 Å². The standard InChI is InChI=1S/C15H28N4O/c1-13(2)17-10-15(5-8-20-12-15)11-18(3)9-14-16-6-7-19(14)4/h6-7,13,17H,5,8-12H2,1-4H3. The van der Waals surface area contributed by atoms with Crippen molar-refractivity contribution >= 4 is 0 Å². The number of ether oxygens (including phenoxy) is 1. The quantitative estimate of drug-likeness (QED) is 0.816. The molecule has 0 saturated carbocycles. The molecule has 0 aromatic carbocycles. The molecular weight excluding hydrogens is 252 g/mol. The highest BCUT2D eigenvalue weighted by Crippen LogP contribution is 2.29. The zero-order valence-electron chi connectivity index (χ0n) is 13.2. The van der Waals surface area contributed by atoms with Crippen LogP contribution in [0.4, 0.5) is 0 Å². The minimum atomic E-state index is 0.240. The van der Waals surface area contributed by atoms with Gasteiger partial charge in [-0.15, -0.1) is 0 Å². The van der Waals surface area contributed by atoms with E-state index in [2.05, 4.69) is 40.7 Å². The monoisotopic (exact) mass is 280 g/mol. The molecule has 1 fully saturated rings. The summed E-state index contributed by atoms with van der Waals surface area (Å²) in [5.74, 6) is 1.11. The Morgan fingerprint density at radius 2 is 2.35 bits per heavy atom. The number of nitrogens with one attached hydrogen (secondary N) is 1. The van der Waals surface area contributed by atoms with Crippen LogP contribution in [-0.4, -0.2) is 53.8 Å². The highest BCUT2D eigenvalue weighted by Gasteiger charge is 2.36. The van der Waals surface area contributed by atoms with Gasteiger partial charge in [-0.25, -0.2) is 4.98 Å². The average molecular weight is 280 g/mol. The number of hydrogen-bond donors (Lipinski definition) is 1. The van der Waals surface area contributed by atoms with Crippen molar-refractivity contribution in [3.63, 3.8) is 0 Å². The van der Waals surface area contributed by atoms with Crippen LogP contribution in [0.15, 0.2) is 12.4 Å². The molecule has 20 heavy (non-hydrogen) atoms. The zero-order chi connectivity index (χ0) is 14.6. The highest BCUT2D eigenvalue weighted by molar-refractivity contribution is 4.93. The van der Waals surface area contributed by atoms with E-state index < -0.39 is 0 Å². The van der Waals surface area contributed by atoms with Crippen molar-refractivity contribution in [1.82, 2.24) is 19.8 Å². The van der Waals surface area contributed by atoms with E-state index in [1.54, 1.807) is 0 Å². The summed E-state index contributed by atoms with van der Waals surface area (Å²) in [6, 6.07) is 0.521. The van der Waals surface area contributed by atoms with Crippen molar-refractivity contribution in [2.24, 2.45) is 12.5 Å². The highest BCUT2D eigenvalue weighted by atomic mass is 16.5. The van der Waals surface area contributed by atoms with Gasteiger partial charge in [0.1, 0.15) is 5.82 Å². The van der Waals surface area contributed by atoms with Crippen LogP contribution in [0.3, 0.4) is 0 Å². The fourth-order valence-electron chi connectivity index (χ4n) is 2.81. The summed E-state index contributed by atoms with van der Waals surface area (Å²) in [4.78, 5) is 6.76. The van der Waals surface area contributed by atoms with Crippen molar-refractivity contribution in [2.45, 2.75) is 32.9 Å². The lowest BCUT2D eigenvalue weighted by Gasteiger charge is -2.33. The van der Waals surface area contributed by atoms with Crippen molar-refractivity contribution < 1.29 is 4.74 Å². The second kappa shape index (κ2) is 6.70. The van der Waals surface area contributed by atoms with Crippen LogP contribution in [-0.2, 0) is 18.3 Å². The second-order valence-electron chi connectivity index (χ2n) is 6.46. The predicted octanol–water partition coefficient (Wildman–Crippen LogP) is 1.26. The first-order valence-corrected chi connectivity index (χ1v) is 7.47. The van der Waals surface area contributed by atoms with Crippen molar-refractivity contribution in [2.75, 3.05) is 33.4 Å². The Hall–Kier alpha value is -0.910. The van der Waals surface area contributed by atoms with Crippen LogP contribution in [0, 0.1) is 5.41 Å². The lowest BCUT2D eigenvalue weighted by Crippen LogP contribution is -2.45. The predicted molar refractivity (Wildman–Crippen MR) is 80.5 cm³/mol. The molecule has 5 nitrogen and oxygen atoms in total. The molecule has 1 N–H and O–H groups in total. The van der Waals surface area contributed by atoms with Gasteiger partial charge in [0, 0.05) is 50.6 Å². The molecule has 114 valence electrons. The minimum absolute atomic E-state index is 0.240. The summed E-state index contributed by atoms with van der Waals surface area (Å²) in [7, 11) is 4.22. The molecule has 0 radical (unpaired) electrons. The Balaban J connectivity index is 1.92. The summed E-state index contributed by atoms with van der Waals surface area (Å²) < 4.78 is 7.75. The number of nitrogens with zero attached hydrogens (tertiary/aromatic N) is 3. The molecule has 0 aliphatic carbocycles. The number of rotatable bonds is 7. The first-order valence-electron chi connectivity index (χ1n) is 7.47. The molecule has 1 unspecified atom stereocenters. The minimum Gasteiger partial charge on any atom is -0.381 e. The van der Waals surface area contributed by atoms with Gasteiger partial charge in [-0.05, 0) is 13.5 Å². The van der Waals surface area contributed by atoms with Gasteiger partial charge in [0.15, 0.2) is 0 Å². The van der Waals surface area contributed by atoms with Crippen molar-refractivity contribution in [3.05, 3.63) is 18.2 Å². The van der Waals surface area contributed by atoms with Gasteiger partial charge in [0.2, 0.25) is 0 Å². The van der Waals surface area contributed by atoms with E-state index in [1.165, 1.54) is 0 Å². The van der Waals surface area contributed by atoms with E-state index in [-0.39, 0.29) is 5.41 Å². The van der Waals surface area contributed by atoms with Gasteiger partial charge in [0.25, 0.3) is 0 Å². The molecule has 1 atom stereocenters. The summed E-state index contributed by atoms with van der Waals surface area (Å²) >= 11 is 0. The van der Waals surface area contributed by atoms with Crippen LogP contribution >= 0.6 is 0 Å². The molecule has 5 heteroatoms. The lowest BCUT2D eigenvalue weighted by atomic mass is 9.86. The molecule has 1 aromatic rings. The maximum absolute atomic E-state index is 5.67. The first kappa shape index (κ1) is 15.5. The molecule has 2 rings (SSSR count). The van der Waals surface area contributed by atoms with Crippen LogP contribution in [0.2, 0.25) is 0 Å². The van der Waals surface area contributed by atoms with Gasteiger partial charge >= 0.3 is 0 Å². The smallest absolute Gasteiger partial charge is 0.122 e. The third kappa shape index (κ3) is 4.04. The summed E-state index contributed by atoms with van der Waals surface area (Å²) in [5.41, 5.74) is 0.240. The molecule has 1 aliphatic heterocycles. The molecular formula is C15H28N4O. The Morgan fingerprint density at radius 1 is 1.55 bits per heavy atom. The fraction of sp³-hybridized carbons (Fsp3) is 0.800. The molecule has 1 saturated heterocycles. The Labute approximate surface area is 122 Å². The molecule has 0 spiro atoms. The number of aromatic nitrogens is 2. The van der Waals surface area contributed by atoms with Crippen LogP contribution < -0.4 is 5.32 Å². The topological polar surface area (TPSA) is 42.3 Å². The molecule has 1 aromatic heterocycles. The maximum Gasteiger partial charge on any atom is 0.122 e. The van der Waals surface area contributed by atoms with Gasteiger partial charge in [-0.2, -0.15) is 0 Å². The van der Waals surface area contributed by atoms with Gasteiger partial charge < -0.3 is 14.6 Å². The zero-order valence-corrected chi connectivity index (χ0v) is 13.2. The van der Waals surface area contributed by atoms with E-state index in [0.29, 0.717) is 6.04 Å². The van der Waals surface area contributed by atoms with Gasteiger partial charge in [-0.3, -0.25) is 4.90 Å². The van der Waals surface area contributed by atoms with Gasteiger partial charge in [-0.1, -0.05) is 13.8 Å². The Kier molecular flexibility index (Phi) is 5.18. The Bertz CT molecular complexity index is 410. The lowest BCUT2D eigenvalue weighted by molar-refractivity contribution is 0.113. The summed E-state index contributed by atoms with van der Waals surface area (Å²) in [6.07, 6.45) is 4.99. The van der Waals surface area contributed by atoms with E-state index in [1.807, 2.05) is 19.4 Å². The van der Waals surface area contributed by atoms with E-state index in [9.17, 15) is 0 Å². The van der Waals surface area contributed by atoms with E-state index in [0.717, 1.165) is 45.1 Å². The van der Waals surface area contributed by atoms with Gasteiger partial charge in [0.05, 0.1) is 13.2 Å². The van der Waals surface area contributed by atoms with E-state index >= 15 is 0 Å². The summed E-state index contributed by atoms with van der Waals surface area (Å²) in [6.45, 7) is 9.08. The maximum atomic E-state index is 5.67. The van der Waals surface area contributed by atoms with E-state index in [4.69, 9.17) is 4.74 Å². The van der Waals surface area contributed by atoms with Crippen LogP contribution in [0.25, 0.3) is 0 Å². The normalized spacial score (nSPS) is 23.1.